The Kier molecular flexibility index (Phi) is 3.93. The molecule has 2 unspecified atom stereocenters. The minimum absolute atomic E-state index is 0.381. The number of esters is 1. The van der Waals surface area contributed by atoms with E-state index in [-0.39, 0.29) is 0 Å². The fourth-order valence-corrected chi connectivity index (χ4v) is 2.70. The van der Waals surface area contributed by atoms with Gasteiger partial charge in [0.05, 0.1) is 18.4 Å². The van der Waals surface area contributed by atoms with Gasteiger partial charge < -0.3 is 15.4 Å². The third-order valence-corrected chi connectivity index (χ3v) is 3.78. The molecule has 1 aromatic rings. The Morgan fingerprint density at radius 1 is 1.53 bits per heavy atom. The average molecular weight is 263 g/mol. The van der Waals surface area contributed by atoms with E-state index in [1.807, 2.05) is 0 Å². The van der Waals surface area contributed by atoms with Crippen molar-refractivity contribution in [3.8, 4) is 0 Å². The molecular formula is C14H21N3O2. The lowest BCUT2D eigenvalue weighted by molar-refractivity contribution is 0.0602. The molecular weight excluding hydrogens is 242 g/mol. The van der Waals surface area contributed by atoms with Gasteiger partial charge in [-0.3, -0.25) is 0 Å². The number of methoxy groups -OCH3 is 1. The van der Waals surface area contributed by atoms with Crippen LogP contribution in [0.15, 0.2) is 12.3 Å². The average Bonchev–Trinajstić information content (AvgIpc) is 2.39. The molecule has 1 aliphatic rings. The molecule has 2 N–H and O–H groups in total. The number of rotatable bonds is 2. The summed E-state index contributed by atoms with van der Waals surface area (Å²) in [5.74, 6) is 0.998. The van der Waals surface area contributed by atoms with Crippen LogP contribution in [0.4, 0.5) is 11.5 Å². The second-order valence-corrected chi connectivity index (χ2v) is 5.26. The van der Waals surface area contributed by atoms with Crippen molar-refractivity contribution in [3.05, 3.63) is 17.8 Å². The number of hydrogen-bond donors (Lipinski definition) is 1. The van der Waals surface area contributed by atoms with Crippen LogP contribution in [-0.2, 0) is 4.74 Å². The van der Waals surface area contributed by atoms with E-state index in [1.54, 1.807) is 12.3 Å². The third-order valence-electron chi connectivity index (χ3n) is 3.78. The largest absolute Gasteiger partial charge is 0.465 e. The van der Waals surface area contributed by atoms with E-state index in [0.29, 0.717) is 23.1 Å². The predicted octanol–water partition coefficient (Wildman–Crippen LogP) is 2.08. The number of carbonyl (C=O) groups excluding carboxylic acids is 1. The summed E-state index contributed by atoms with van der Waals surface area (Å²) >= 11 is 0. The summed E-state index contributed by atoms with van der Waals surface area (Å²) in [6, 6.07) is 1.98. The molecule has 1 saturated heterocycles. The lowest BCUT2D eigenvalue weighted by Gasteiger charge is -2.38. The number of hydrogen-bond acceptors (Lipinski definition) is 5. The monoisotopic (exact) mass is 263 g/mol. The molecule has 1 aliphatic heterocycles. The van der Waals surface area contributed by atoms with E-state index in [1.165, 1.54) is 7.11 Å². The molecule has 0 spiro atoms. The molecule has 2 rings (SSSR count). The van der Waals surface area contributed by atoms with Crippen LogP contribution in [0.1, 0.15) is 37.0 Å². The summed E-state index contributed by atoms with van der Waals surface area (Å²) in [5.41, 5.74) is 6.88. The molecule has 0 aromatic carbocycles. The number of nitrogens with zero attached hydrogens (tertiary/aromatic N) is 2. The van der Waals surface area contributed by atoms with Crippen molar-refractivity contribution < 1.29 is 9.53 Å². The quantitative estimate of drug-likeness (QED) is 0.827. The Morgan fingerprint density at radius 3 is 2.89 bits per heavy atom. The molecule has 104 valence electrons. The van der Waals surface area contributed by atoms with E-state index >= 15 is 0 Å². The van der Waals surface area contributed by atoms with Gasteiger partial charge in [0.25, 0.3) is 0 Å². The van der Waals surface area contributed by atoms with Crippen molar-refractivity contribution in [2.24, 2.45) is 5.92 Å². The number of carbonyl (C=O) groups is 1. The smallest absolute Gasteiger partial charge is 0.340 e. The highest BCUT2D eigenvalue weighted by atomic mass is 16.5. The Labute approximate surface area is 113 Å². The minimum atomic E-state index is -0.417. The Hall–Kier alpha value is -1.78. The molecule has 0 bridgehead atoms. The van der Waals surface area contributed by atoms with E-state index in [2.05, 4.69) is 23.7 Å². The number of ether oxygens (including phenoxy) is 1. The second-order valence-electron chi connectivity index (χ2n) is 5.26. The summed E-state index contributed by atoms with van der Waals surface area (Å²) in [6.45, 7) is 5.35. The maximum absolute atomic E-state index is 11.7. The van der Waals surface area contributed by atoms with Gasteiger partial charge in [0.15, 0.2) is 5.82 Å². The predicted molar refractivity (Wildman–Crippen MR) is 75.2 cm³/mol. The first-order valence-electron chi connectivity index (χ1n) is 6.64. The van der Waals surface area contributed by atoms with Gasteiger partial charge in [-0.1, -0.05) is 6.92 Å². The van der Waals surface area contributed by atoms with Crippen molar-refractivity contribution in [1.82, 2.24) is 4.98 Å². The van der Waals surface area contributed by atoms with Gasteiger partial charge in [0.2, 0.25) is 0 Å². The SMILES string of the molecule is COC(=O)c1ccnc(N2CCC(C)CC2C)c1N. The highest BCUT2D eigenvalue weighted by Crippen LogP contribution is 2.31. The molecule has 5 nitrogen and oxygen atoms in total. The molecule has 5 heteroatoms. The van der Waals surface area contributed by atoms with Gasteiger partial charge in [0.1, 0.15) is 0 Å². The molecule has 0 aliphatic carbocycles. The number of nitrogens with two attached hydrogens (primary N) is 1. The zero-order valence-electron chi connectivity index (χ0n) is 11.7. The molecule has 1 fully saturated rings. The van der Waals surface area contributed by atoms with Crippen LogP contribution < -0.4 is 10.6 Å². The van der Waals surface area contributed by atoms with Crippen molar-refractivity contribution in [1.29, 1.82) is 0 Å². The van der Waals surface area contributed by atoms with Crippen molar-refractivity contribution in [2.45, 2.75) is 32.7 Å². The standard InChI is InChI=1S/C14H21N3O2/c1-9-5-7-17(10(2)8-9)13-12(15)11(4-6-16-13)14(18)19-3/h4,6,9-10H,5,7-8,15H2,1-3H3. The van der Waals surface area contributed by atoms with E-state index < -0.39 is 5.97 Å². The molecule has 2 atom stereocenters. The molecule has 0 amide bonds. The van der Waals surface area contributed by atoms with Crippen LogP contribution in [-0.4, -0.2) is 30.6 Å². The molecule has 0 radical (unpaired) electrons. The topological polar surface area (TPSA) is 68.5 Å². The fourth-order valence-electron chi connectivity index (χ4n) is 2.70. The lowest BCUT2D eigenvalue weighted by atomic mass is 9.93. The Bertz CT molecular complexity index is 476. The lowest BCUT2D eigenvalue weighted by Crippen LogP contribution is -2.41. The molecule has 0 saturated carbocycles. The molecule has 2 heterocycles. The number of piperidine rings is 1. The maximum Gasteiger partial charge on any atom is 0.340 e. The summed E-state index contributed by atoms with van der Waals surface area (Å²) in [7, 11) is 1.35. The minimum Gasteiger partial charge on any atom is -0.465 e. The number of pyridine rings is 1. The zero-order chi connectivity index (χ0) is 14.0. The van der Waals surface area contributed by atoms with E-state index in [4.69, 9.17) is 10.5 Å². The van der Waals surface area contributed by atoms with E-state index in [9.17, 15) is 4.79 Å². The number of nitrogen functional groups attached to an aromatic ring is 1. The van der Waals surface area contributed by atoms with Gasteiger partial charge in [-0.2, -0.15) is 0 Å². The fraction of sp³-hybridized carbons (Fsp3) is 0.571. The molecule has 19 heavy (non-hydrogen) atoms. The second kappa shape index (κ2) is 5.47. The first-order chi connectivity index (χ1) is 9.04. The van der Waals surface area contributed by atoms with Crippen LogP contribution in [0, 0.1) is 5.92 Å². The maximum atomic E-state index is 11.7. The number of aromatic nitrogens is 1. The Balaban J connectivity index is 2.32. The van der Waals surface area contributed by atoms with Crippen LogP contribution in [0.2, 0.25) is 0 Å². The highest BCUT2D eigenvalue weighted by Gasteiger charge is 2.26. The first kappa shape index (κ1) is 13.6. The summed E-state index contributed by atoms with van der Waals surface area (Å²) in [5, 5.41) is 0. The van der Waals surface area contributed by atoms with E-state index in [0.717, 1.165) is 25.3 Å². The van der Waals surface area contributed by atoms with Gasteiger partial charge in [-0.15, -0.1) is 0 Å². The summed E-state index contributed by atoms with van der Waals surface area (Å²) < 4.78 is 4.74. The van der Waals surface area contributed by atoms with Crippen LogP contribution >= 0.6 is 0 Å². The van der Waals surface area contributed by atoms with Gasteiger partial charge in [-0.25, -0.2) is 9.78 Å². The van der Waals surface area contributed by atoms with Crippen molar-refractivity contribution in [2.75, 3.05) is 24.3 Å². The van der Waals surface area contributed by atoms with Gasteiger partial charge >= 0.3 is 5.97 Å². The number of anilines is 2. The third kappa shape index (κ3) is 2.64. The van der Waals surface area contributed by atoms with Crippen LogP contribution in [0.5, 0.6) is 0 Å². The van der Waals surface area contributed by atoms with Crippen LogP contribution in [0.3, 0.4) is 0 Å². The first-order valence-corrected chi connectivity index (χ1v) is 6.64. The normalized spacial score (nSPS) is 23.2. The van der Waals surface area contributed by atoms with Crippen molar-refractivity contribution in [3.63, 3.8) is 0 Å². The van der Waals surface area contributed by atoms with Crippen molar-refractivity contribution >= 4 is 17.5 Å². The van der Waals surface area contributed by atoms with Crippen LogP contribution in [0.25, 0.3) is 0 Å². The zero-order valence-corrected chi connectivity index (χ0v) is 11.7. The summed E-state index contributed by atoms with van der Waals surface area (Å²) in [6.07, 6.45) is 3.85. The van der Waals surface area contributed by atoms with Gasteiger partial charge in [0, 0.05) is 18.8 Å². The summed E-state index contributed by atoms with van der Waals surface area (Å²) in [4.78, 5) is 18.2. The Morgan fingerprint density at radius 2 is 2.26 bits per heavy atom. The van der Waals surface area contributed by atoms with Gasteiger partial charge in [-0.05, 0) is 31.7 Å². The molecule has 1 aromatic heterocycles. The highest BCUT2D eigenvalue weighted by molar-refractivity contribution is 5.97.